The Morgan fingerprint density at radius 2 is 1.86 bits per heavy atom. The van der Waals surface area contributed by atoms with Crippen LogP contribution in [-0.2, 0) is 10.0 Å². The van der Waals surface area contributed by atoms with E-state index >= 15 is 0 Å². The quantitative estimate of drug-likeness (QED) is 0.850. The molecular formula is C20H22N2O5S. The third-order valence-electron chi connectivity index (χ3n) is 5.00. The van der Waals surface area contributed by atoms with Crippen LogP contribution in [-0.4, -0.2) is 38.5 Å². The summed E-state index contributed by atoms with van der Waals surface area (Å²) >= 11 is 0. The van der Waals surface area contributed by atoms with Crippen molar-refractivity contribution in [1.82, 2.24) is 4.31 Å². The van der Waals surface area contributed by atoms with Gasteiger partial charge in [0.15, 0.2) is 11.5 Å². The van der Waals surface area contributed by atoms with Gasteiger partial charge >= 0.3 is 0 Å². The van der Waals surface area contributed by atoms with Gasteiger partial charge in [-0.15, -0.1) is 0 Å². The predicted octanol–water partition coefficient (Wildman–Crippen LogP) is 3.09. The van der Waals surface area contributed by atoms with Crippen LogP contribution >= 0.6 is 0 Å². The first kappa shape index (κ1) is 18.8. The van der Waals surface area contributed by atoms with E-state index < -0.39 is 10.0 Å². The lowest BCUT2D eigenvalue weighted by Gasteiger charge is -2.30. The normalized spacial score (nSPS) is 19.4. The molecule has 1 unspecified atom stereocenters. The number of amides is 1. The van der Waals surface area contributed by atoms with Crippen molar-refractivity contribution >= 4 is 21.6 Å². The minimum Gasteiger partial charge on any atom is -0.454 e. The van der Waals surface area contributed by atoms with E-state index in [0.29, 0.717) is 41.8 Å². The maximum absolute atomic E-state index is 12.8. The fourth-order valence-corrected chi connectivity index (χ4v) is 5.06. The van der Waals surface area contributed by atoms with Crippen LogP contribution in [0.2, 0.25) is 0 Å². The number of rotatable bonds is 4. The molecule has 28 heavy (non-hydrogen) atoms. The van der Waals surface area contributed by atoms with Gasteiger partial charge in [-0.3, -0.25) is 4.79 Å². The van der Waals surface area contributed by atoms with Gasteiger partial charge in [-0.05, 0) is 61.2 Å². The molecule has 0 aliphatic carbocycles. The van der Waals surface area contributed by atoms with E-state index in [1.807, 2.05) is 0 Å². The first-order valence-electron chi connectivity index (χ1n) is 9.25. The Kier molecular flexibility index (Phi) is 4.99. The minimum atomic E-state index is -3.51. The number of carbonyl (C=O) groups excluding carboxylic acids is 1. The molecule has 1 N–H and O–H groups in total. The molecule has 2 heterocycles. The number of nitrogens with zero attached hydrogens (tertiary/aromatic N) is 1. The Labute approximate surface area is 164 Å². The second-order valence-corrected chi connectivity index (χ2v) is 9.09. The second-order valence-electron chi connectivity index (χ2n) is 7.16. The highest BCUT2D eigenvalue weighted by molar-refractivity contribution is 7.89. The monoisotopic (exact) mass is 402 g/mol. The SMILES string of the molecule is CC1CCCN(S(=O)(=O)c2ccc(NC(=O)c3ccc4c(c3)OCO4)cc2)C1. The van der Waals surface area contributed by atoms with Crippen molar-refractivity contribution in [2.24, 2.45) is 5.92 Å². The summed E-state index contributed by atoms with van der Waals surface area (Å²) in [7, 11) is -3.51. The lowest BCUT2D eigenvalue weighted by atomic mass is 10.0. The predicted molar refractivity (Wildman–Crippen MR) is 104 cm³/mol. The smallest absolute Gasteiger partial charge is 0.255 e. The van der Waals surface area contributed by atoms with Crippen molar-refractivity contribution in [3.8, 4) is 11.5 Å². The van der Waals surface area contributed by atoms with Crippen LogP contribution in [0, 0.1) is 5.92 Å². The average molecular weight is 402 g/mol. The molecule has 0 bridgehead atoms. The highest BCUT2D eigenvalue weighted by Crippen LogP contribution is 2.32. The zero-order valence-corrected chi connectivity index (χ0v) is 16.4. The Bertz CT molecular complexity index is 988. The fraction of sp³-hybridized carbons (Fsp3) is 0.350. The lowest BCUT2D eigenvalue weighted by Crippen LogP contribution is -2.39. The van der Waals surface area contributed by atoms with Crippen molar-refractivity contribution in [2.75, 3.05) is 25.2 Å². The van der Waals surface area contributed by atoms with Gasteiger partial charge in [0.05, 0.1) is 4.90 Å². The van der Waals surface area contributed by atoms with Gasteiger partial charge in [-0.1, -0.05) is 6.92 Å². The summed E-state index contributed by atoms with van der Waals surface area (Å²) in [6.07, 6.45) is 1.93. The molecular weight excluding hydrogens is 380 g/mol. The van der Waals surface area contributed by atoms with Crippen LogP contribution in [0.25, 0.3) is 0 Å². The van der Waals surface area contributed by atoms with E-state index in [2.05, 4.69) is 12.2 Å². The molecule has 0 radical (unpaired) electrons. The molecule has 1 amide bonds. The molecule has 1 fully saturated rings. The summed E-state index contributed by atoms with van der Waals surface area (Å²) in [4.78, 5) is 12.7. The number of hydrogen-bond donors (Lipinski definition) is 1. The number of fused-ring (bicyclic) bond motifs is 1. The van der Waals surface area contributed by atoms with E-state index in [1.165, 1.54) is 12.1 Å². The number of nitrogens with one attached hydrogen (secondary N) is 1. The minimum absolute atomic E-state index is 0.145. The van der Waals surface area contributed by atoms with Crippen LogP contribution in [0.1, 0.15) is 30.1 Å². The Morgan fingerprint density at radius 3 is 2.61 bits per heavy atom. The molecule has 2 aromatic carbocycles. The third-order valence-corrected chi connectivity index (χ3v) is 6.88. The van der Waals surface area contributed by atoms with Crippen molar-refractivity contribution in [3.63, 3.8) is 0 Å². The van der Waals surface area contributed by atoms with Crippen molar-refractivity contribution in [1.29, 1.82) is 0 Å². The van der Waals surface area contributed by atoms with Gasteiger partial charge in [-0.2, -0.15) is 4.31 Å². The number of benzene rings is 2. The molecule has 1 saturated heterocycles. The largest absolute Gasteiger partial charge is 0.454 e. The maximum atomic E-state index is 12.8. The molecule has 148 valence electrons. The van der Waals surface area contributed by atoms with Gasteiger partial charge in [0.2, 0.25) is 16.8 Å². The van der Waals surface area contributed by atoms with Crippen molar-refractivity contribution in [3.05, 3.63) is 48.0 Å². The van der Waals surface area contributed by atoms with Crippen molar-refractivity contribution in [2.45, 2.75) is 24.7 Å². The summed E-state index contributed by atoms with van der Waals surface area (Å²) in [6.45, 7) is 3.31. The lowest BCUT2D eigenvalue weighted by molar-refractivity contribution is 0.102. The number of hydrogen-bond acceptors (Lipinski definition) is 5. The molecule has 2 aliphatic heterocycles. The highest BCUT2D eigenvalue weighted by Gasteiger charge is 2.28. The molecule has 1 atom stereocenters. The number of carbonyl (C=O) groups is 1. The van der Waals surface area contributed by atoms with Crippen molar-refractivity contribution < 1.29 is 22.7 Å². The standard InChI is InChI=1S/C20H22N2O5S/c1-14-3-2-10-22(12-14)28(24,25)17-7-5-16(6-8-17)21-20(23)15-4-9-18-19(11-15)27-13-26-18/h4-9,11,14H,2-3,10,12-13H2,1H3,(H,21,23). The number of piperidine rings is 1. The van der Waals surface area contributed by atoms with Gasteiger partial charge in [0.1, 0.15) is 0 Å². The molecule has 8 heteroatoms. The number of anilines is 1. The van der Waals surface area contributed by atoms with Gasteiger partial charge in [0, 0.05) is 24.3 Å². The summed E-state index contributed by atoms with van der Waals surface area (Å²) in [5.74, 6) is 1.20. The molecule has 0 saturated carbocycles. The molecule has 2 aliphatic rings. The Hall–Kier alpha value is -2.58. The van der Waals surface area contributed by atoms with Crippen LogP contribution in [0.3, 0.4) is 0 Å². The zero-order chi connectivity index (χ0) is 19.7. The van der Waals surface area contributed by atoms with E-state index in [4.69, 9.17) is 9.47 Å². The molecule has 7 nitrogen and oxygen atoms in total. The summed E-state index contributed by atoms with van der Waals surface area (Å²) in [6, 6.07) is 11.2. The van der Waals surface area contributed by atoms with Crippen LogP contribution in [0.4, 0.5) is 5.69 Å². The highest BCUT2D eigenvalue weighted by atomic mass is 32.2. The summed E-state index contributed by atoms with van der Waals surface area (Å²) < 4.78 is 37.7. The molecule has 2 aromatic rings. The van der Waals surface area contributed by atoms with E-state index in [1.54, 1.807) is 34.6 Å². The van der Waals surface area contributed by atoms with Gasteiger partial charge < -0.3 is 14.8 Å². The summed E-state index contributed by atoms with van der Waals surface area (Å²) in [5.41, 5.74) is 0.955. The molecule has 0 aromatic heterocycles. The van der Waals surface area contributed by atoms with E-state index in [9.17, 15) is 13.2 Å². The topological polar surface area (TPSA) is 84.9 Å². The van der Waals surface area contributed by atoms with Gasteiger partial charge in [-0.25, -0.2) is 8.42 Å². The fourth-order valence-electron chi connectivity index (χ4n) is 3.46. The Balaban J connectivity index is 1.46. The maximum Gasteiger partial charge on any atom is 0.255 e. The van der Waals surface area contributed by atoms with Crippen LogP contribution in [0.5, 0.6) is 11.5 Å². The van der Waals surface area contributed by atoms with E-state index in [-0.39, 0.29) is 17.6 Å². The van der Waals surface area contributed by atoms with E-state index in [0.717, 1.165) is 12.8 Å². The van der Waals surface area contributed by atoms with Crippen LogP contribution < -0.4 is 14.8 Å². The third kappa shape index (κ3) is 3.70. The summed E-state index contributed by atoms with van der Waals surface area (Å²) in [5, 5.41) is 2.77. The molecule has 0 spiro atoms. The second kappa shape index (κ2) is 7.44. The first-order valence-corrected chi connectivity index (χ1v) is 10.7. The van der Waals surface area contributed by atoms with Gasteiger partial charge in [0.25, 0.3) is 5.91 Å². The van der Waals surface area contributed by atoms with Crippen LogP contribution in [0.15, 0.2) is 47.4 Å². The number of sulfonamides is 1. The first-order chi connectivity index (χ1) is 13.4. The Morgan fingerprint density at radius 1 is 1.11 bits per heavy atom. The molecule has 4 rings (SSSR count). The number of ether oxygens (including phenoxy) is 2. The average Bonchev–Trinajstić information content (AvgIpc) is 3.16. The zero-order valence-electron chi connectivity index (χ0n) is 15.6.